The van der Waals surface area contributed by atoms with E-state index in [0.717, 1.165) is 38.1 Å². The normalized spacial score (nSPS) is 20.2. The highest BCUT2D eigenvalue weighted by Crippen LogP contribution is 2.31. The lowest BCUT2D eigenvalue weighted by Gasteiger charge is -2.50. The zero-order valence-electron chi connectivity index (χ0n) is 20.3. The number of carbonyl (C=O) groups is 2. The summed E-state index contributed by atoms with van der Waals surface area (Å²) >= 11 is 0. The van der Waals surface area contributed by atoms with Gasteiger partial charge in [0.1, 0.15) is 17.8 Å². The molecular formula is C26H31F2N3O4. The third kappa shape index (κ3) is 4.87. The number of carbonyl (C=O) groups excluding carboxylic acids is 2. The highest BCUT2D eigenvalue weighted by molar-refractivity contribution is 6.00. The third-order valence-electron chi connectivity index (χ3n) is 7.04. The fourth-order valence-corrected chi connectivity index (χ4v) is 4.96. The quantitative estimate of drug-likeness (QED) is 0.604. The molecule has 1 saturated heterocycles. The minimum atomic E-state index is -0.908. The van der Waals surface area contributed by atoms with Crippen molar-refractivity contribution in [3.05, 3.63) is 63.1 Å². The summed E-state index contributed by atoms with van der Waals surface area (Å²) in [5.41, 5.74) is -1.10. The maximum absolute atomic E-state index is 13.9. The van der Waals surface area contributed by atoms with Gasteiger partial charge in [0.15, 0.2) is 17.2 Å². The van der Waals surface area contributed by atoms with Crippen molar-refractivity contribution in [3.8, 4) is 5.75 Å². The van der Waals surface area contributed by atoms with Gasteiger partial charge >= 0.3 is 0 Å². The largest absolute Gasteiger partial charge is 0.503 e. The van der Waals surface area contributed by atoms with Crippen molar-refractivity contribution in [2.75, 3.05) is 13.1 Å². The molecular weight excluding hydrogens is 456 g/mol. The average molecular weight is 488 g/mol. The Hall–Kier alpha value is -3.07. The molecule has 1 aromatic heterocycles. The van der Waals surface area contributed by atoms with Gasteiger partial charge < -0.3 is 14.6 Å². The summed E-state index contributed by atoms with van der Waals surface area (Å²) in [5, 5.41) is 10.7. The molecule has 2 aromatic rings. The maximum Gasteiger partial charge on any atom is 0.276 e. The van der Waals surface area contributed by atoms with Crippen molar-refractivity contribution in [1.29, 1.82) is 0 Å². The summed E-state index contributed by atoms with van der Waals surface area (Å²) in [6.45, 7) is 8.22. The number of pyridine rings is 1. The first-order valence-electron chi connectivity index (χ1n) is 12.1. The van der Waals surface area contributed by atoms with Crippen LogP contribution < -0.4 is 5.43 Å². The minimum Gasteiger partial charge on any atom is -0.503 e. The van der Waals surface area contributed by atoms with E-state index >= 15 is 0 Å². The molecule has 3 heterocycles. The Bertz CT molecular complexity index is 1210. The Morgan fingerprint density at radius 3 is 2.66 bits per heavy atom. The van der Waals surface area contributed by atoms with Crippen LogP contribution in [0.2, 0.25) is 0 Å². The molecule has 0 radical (unpaired) electrons. The van der Waals surface area contributed by atoms with E-state index in [-0.39, 0.29) is 41.9 Å². The fraction of sp³-hybridized carbons (Fsp3) is 0.500. The van der Waals surface area contributed by atoms with Crippen molar-refractivity contribution in [2.24, 2.45) is 5.92 Å². The highest BCUT2D eigenvalue weighted by Gasteiger charge is 2.43. The molecule has 188 valence electrons. The molecule has 1 aromatic carbocycles. The lowest BCUT2D eigenvalue weighted by atomic mass is 9.99. The van der Waals surface area contributed by atoms with Crippen molar-refractivity contribution in [2.45, 2.75) is 65.2 Å². The van der Waals surface area contributed by atoms with Gasteiger partial charge in [-0.25, -0.2) is 8.78 Å². The smallest absolute Gasteiger partial charge is 0.276 e. The monoisotopic (exact) mass is 487 g/mol. The number of Topliss-reactive ketones (excluding diaryl/α,β-unsaturated/α-hetero) is 1. The van der Waals surface area contributed by atoms with Gasteiger partial charge in [-0.05, 0) is 43.7 Å². The summed E-state index contributed by atoms with van der Waals surface area (Å²) in [6, 6.07) is 3.07. The molecule has 0 saturated carbocycles. The molecule has 4 rings (SSSR count). The van der Waals surface area contributed by atoms with Crippen LogP contribution in [0.25, 0.3) is 0 Å². The third-order valence-corrected chi connectivity index (χ3v) is 7.04. The van der Waals surface area contributed by atoms with E-state index in [9.17, 15) is 28.3 Å². The van der Waals surface area contributed by atoms with Crippen LogP contribution in [0.1, 0.15) is 66.4 Å². The Labute approximate surface area is 203 Å². The van der Waals surface area contributed by atoms with Crippen LogP contribution in [0.3, 0.4) is 0 Å². The second-order valence-electron chi connectivity index (χ2n) is 9.93. The molecule has 1 N–H and O–H groups in total. The fourth-order valence-electron chi connectivity index (χ4n) is 4.96. The second kappa shape index (κ2) is 9.89. The number of rotatable bonds is 7. The number of hydrogen-bond acceptors (Lipinski definition) is 5. The van der Waals surface area contributed by atoms with Crippen LogP contribution in [-0.2, 0) is 13.0 Å². The second-order valence-corrected chi connectivity index (χ2v) is 9.93. The Morgan fingerprint density at radius 2 is 1.97 bits per heavy atom. The van der Waals surface area contributed by atoms with E-state index in [0.29, 0.717) is 12.5 Å². The Balaban J connectivity index is 1.62. The van der Waals surface area contributed by atoms with E-state index in [1.165, 1.54) is 16.8 Å². The predicted octanol–water partition coefficient (Wildman–Crippen LogP) is 3.57. The molecule has 0 spiro atoms. The van der Waals surface area contributed by atoms with Gasteiger partial charge in [0, 0.05) is 37.8 Å². The zero-order valence-corrected chi connectivity index (χ0v) is 20.3. The molecule has 0 bridgehead atoms. The molecule has 2 aliphatic heterocycles. The minimum absolute atomic E-state index is 0.0251. The number of amides is 1. The van der Waals surface area contributed by atoms with Gasteiger partial charge in [-0.15, -0.1) is 0 Å². The zero-order chi connectivity index (χ0) is 25.4. The van der Waals surface area contributed by atoms with Crippen LogP contribution in [0.15, 0.2) is 29.2 Å². The van der Waals surface area contributed by atoms with Crippen molar-refractivity contribution in [1.82, 2.24) is 14.4 Å². The highest BCUT2D eigenvalue weighted by atomic mass is 19.1. The van der Waals surface area contributed by atoms with E-state index in [1.807, 2.05) is 6.92 Å². The summed E-state index contributed by atoms with van der Waals surface area (Å²) in [5.74, 6) is -2.71. The van der Waals surface area contributed by atoms with Crippen LogP contribution in [0, 0.1) is 17.6 Å². The van der Waals surface area contributed by atoms with E-state index in [2.05, 4.69) is 18.7 Å². The Morgan fingerprint density at radius 1 is 1.23 bits per heavy atom. The van der Waals surface area contributed by atoms with E-state index < -0.39 is 34.5 Å². The van der Waals surface area contributed by atoms with Gasteiger partial charge in [-0.1, -0.05) is 19.9 Å². The standard InChI is InChI=1S/C26H31F2N3O4/c1-15(2)8-10-29-11-9-16(3)31-22(29)14-30-13-19(24(33)25(34)23(30)26(31)35)21(32)7-5-17-4-6-18(27)12-20(17)28/h4,6,12-13,15-16,22,34H,5,7-11,14H2,1-3H3/t16-,22-/m1/s1. The molecule has 7 nitrogen and oxygen atoms in total. The maximum atomic E-state index is 13.9. The lowest BCUT2D eigenvalue weighted by Crippen LogP contribution is -2.63. The number of benzene rings is 1. The van der Waals surface area contributed by atoms with Crippen molar-refractivity contribution >= 4 is 11.7 Å². The molecule has 1 amide bonds. The average Bonchev–Trinajstić information content (AvgIpc) is 2.79. The lowest BCUT2D eigenvalue weighted by molar-refractivity contribution is -0.0337. The van der Waals surface area contributed by atoms with E-state index in [1.54, 1.807) is 4.90 Å². The van der Waals surface area contributed by atoms with Crippen molar-refractivity contribution < 1.29 is 23.5 Å². The van der Waals surface area contributed by atoms with Crippen molar-refractivity contribution in [3.63, 3.8) is 0 Å². The number of aryl methyl sites for hydroxylation is 1. The van der Waals surface area contributed by atoms with Crippen LogP contribution in [0.5, 0.6) is 5.75 Å². The summed E-state index contributed by atoms with van der Waals surface area (Å²) < 4.78 is 28.6. The number of ketones is 1. The van der Waals surface area contributed by atoms with Crippen LogP contribution in [0.4, 0.5) is 8.78 Å². The number of aromatic nitrogens is 1. The van der Waals surface area contributed by atoms with Gasteiger partial charge in [0.2, 0.25) is 5.43 Å². The molecule has 2 aliphatic rings. The number of hydrogen-bond donors (Lipinski definition) is 1. The summed E-state index contributed by atoms with van der Waals surface area (Å²) in [6.07, 6.45) is 2.65. The predicted molar refractivity (Wildman–Crippen MR) is 126 cm³/mol. The first-order chi connectivity index (χ1) is 16.6. The molecule has 2 atom stereocenters. The number of aromatic hydroxyl groups is 1. The molecule has 9 heteroatoms. The molecule has 0 aliphatic carbocycles. The number of fused-ring (bicyclic) bond motifs is 2. The number of nitrogens with zero attached hydrogens (tertiary/aromatic N) is 3. The SMILES string of the molecule is CC(C)CCN1CC[C@@H](C)N2C(=O)c3c(O)c(=O)c(C(=O)CCc4ccc(F)cc4F)cn3C[C@H]12. The molecule has 35 heavy (non-hydrogen) atoms. The first-order valence-corrected chi connectivity index (χ1v) is 12.1. The Kier molecular flexibility index (Phi) is 7.07. The van der Waals surface area contributed by atoms with Crippen LogP contribution >= 0.6 is 0 Å². The molecule has 0 unspecified atom stereocenters. The molecule has 1 fully saturated rings. The van der Waals surface area contributed by atoms with Gasteiger partial charge in [-0.3, -0.25) is 19.3 Å². The number of halogens is 2. The summed E-state index contributed by atoms with van der Waals surface area (Å²) in [4.78, 5) is 43.1. The summed E-state index contributed by atoms with van der Waals surface area (Å²) in [7, 11) is 0. The topological polar surface area (TPSA) is 82.8 Å². The first kappa shape index (κ1) is 25.0. The van der Waals surface area contributed by atoms with Gasteiger partial charge in [0.25, 0.3) is 5.91 Å². The van der Waals surface area contributed by atoms with E-state index in [4.69, 9.17) is 0 Å². The van der Waals surface area contributed by atoms with Crippen LogP contribution in [-0.4, -0.2) is 56.5 Å². The van der Waals surface area contributed by atoms with Gasteiger partial charge in [-0.2, -0.15) is 0 Å². The van der Waals surface area contributed by atoms with Gasteiger partial charge in [0.05, 0.1) is 12.1 Å².